The molecule has 13 heteroatoms. The van der Waals surface area contributed by atoms with Crippen molar-refractivity contribution in [2.75, 3.05) is 44.7 Å². The van der Waals surface area contributed by atoms with Crippen LogP contribution in [0.1, 0.15) is 64.5 Å². The minimum Gasteiger partial charge on any atom is -0.493 e. The summed E-state index contributed by atoms with van der Waals surface area (Å²) < 4.78 is 21.6. The number of aryl methyl sites for hydroxylation is 1. The maximum absolute atomic E-state index is 13.1. The fourth-order valence-corrected chi connectivity index (χ4v) is 7.33. The highest BCUT2D eigenvalue weighted by molar-refractivity contribution is 7.99. The maximum Gasteiger partial charge on any atom is 0.341 e. The number of benzene rings is 1. The van der Waals surface area contributed by atoms with Gasteiger partial charge in [0.15, 0.2) is 11.5 Å². The summed E-state index contributed by atoms with van der Waals surface area (Å²) in [5.74, 6) is 0.519. The van der Waals surface area contributed by atoms with E-state index in [1.54, 1.807) is 19.1 Å². The highest BCUT2D eigenvalue weighted by Crippen LogP contribution is 2.44. The van der Waals surface area contributed by atoms with E-state index in [1.165, 1.54) is 44.4 Å². The monoisotopic (exact) mass is 635 g/mol. The molecule has 1 aliphatic rings. The van der Waals surface area contributed by atoms with E-state index in [0.717, 1.165) is 42.5 Å². The fraction of sp³-hybridized carbons (Fsp3) is 0.387. The molecular formula is C31H33N5O6S2. The maximum atomic E-state index is 13.1. The number of pyridine rings is 1. The quantitative estimate of drug-likeness (QED) is 0.150. The molecule has 4 rings (SSSR count). The molecular weight excluding hydrogens is 603 g/mol. The largest absolute Gasteiger partial charge is 0.493 e. The van der Waals surface area contributed by atoms with E-state index in [2.05, 4.69) is 22.4 Å². The third kappa shape index (κ3) is 6.69. The number of rotatable bonds is 11. The normalized spacial score (nSPS) is 12.2. The molecule has 1 amide bonds. The van der Waals surface area contributed by atoms with Crippen LogP contribution in [0, 0.1) is 22.7 Å². The van der Waals surface area contributed by atoms with Crippen molar-refractivity contribution in [1.29, 1.82) is 10.5 Å². The van der Waals surface area contributed by atoms with Gasteiger partial charge in [-0.1, -0.05) is 6.42 Å². The zero-order valence-electron chi connectivity index (χ0n) is 25.0. The van der Waals surface area contributed by atoms with Gasteiger partial charge >= 0.3 is 5.97 Å². The van der Waals surface area contributed by atoms with E-state index in [4.69, 9.17) is 24.7 Å². The third-order valence-electron chi connectivity index (χ3n) is 7.09. The van der Waals surface area contributed by atoms with Crippen molar-refractivity contribution < 1.29 is 28.5 Å². The van der Waals surface area contributed by atoms with Crippen molar-refractivity contribution in [2.24, 2.45) is 0 Å². The average Bonchev–Trinajstić information content (AvgIpc) is 3.19. The number of carbonyl (C=O) groups excluding carboxylic acids is 2. The first-order chi connectivity index (χ1) is 21.3. The molecule has 0 aliphatic heterocycles. The number of nitriles is 2. The lowest BCUT2D eigenvalue weighted by molar-refractivity contribution is -0.115. The van der Waals surface area contributed by atoms with Gasteiger partial charge < -0.3 is 30.0 Å². The second-order valence-electron chi connectivity index (χ2n) is 9.70. The molecule has 3 aromatic rings. The summed E-state index contributed by atoms with van der Waals surface area (Å²) >= 11 is 2.61. The summed E-state index contributed by atoms with van der Waals surface area (Å²) in [6.07, 6.45) is 4.85. The Labute approximate surface area is 264 Å². The molecule has 0 unspecified atom stereocenters. The molecule has 1 aromatic carbocycles. The number of fused-ring (bicyclic) bond motifs is 1. The van der Waals surface area contributed by atoms with Crippen molar-refractivity contribution in [3.8, 4) is 40.5 Å². The molecule has 0 radical (unpaired) electrons. The molecule has 230 valence electrons. The number of aromatic nitrogens is 1. The lowest BCUT2D eigenvalue weighted by Crippen LogP contribution is -2.15. The van der Waals surface area contributed by atoms with Crippen LogP contribution in [-0.2, 0) is 22.4 Å². The summed E-state index contributed by atoms with van der Waals surface area (Å²) in [6.45, 7) is 2.00. The topological polar surface area (TPSA) is 170 Å². The van der Waals surface area contributed by atoms with Crippen molar-refractivity contribution in [2.45, 2.75) is 50.5 Å². The molecule has 0 bridgehead atoms. The van der Waals surface area contributed by atoms with Gasteiger partial charge in [0.2, 0.25) is 11.7 Å². The molecule has 1 aliphatic carbocycles. The first kappa shape index (κ1) is 32.5. The van der Waals surface area contributed by atoms with Gasteiger partial charge in [0.1, 0.15) is 33.5 Å². The number of nitrogens with one attached hydrogen (secondary N) is 1. The molecule has 3 N–H and O–H groups in total. The van der Waals surface area contributed by atoms with Gasteiger partial charge in [0.05, 0.1) is 39.1 Å². The Morgan fingerprint density at radius 1 is 1.05 bits per heavy atom. The van der Waals surface area contributed by atoms with E-state index in [0.29, 0.717) is 33.4 Å². The van der Waals surface area contributed by atoms with E-state index < -0.39 is 5.97 Å². The molecule has 44 heavy (non-hydrogen) atoms. The molecule has 0 saturated carbocycles. The Balaban J connectivity index is 1.60. The zero-order valence-corrected chi connectivity index (χ0v) is 26.6. The van der Waals surface area contributed by atoms with Crippen molar-refractivity contribution in [1.82, 2.24) is 4.98 Å². The first-order valence-corrected chi connectivity index (χ1v) is 15.8. The molecule has 2 heterocycles. The number of ether oxygens (including phenoxy) is 4. The SMILES string of the molecule is CCOC(=O)c1c(NC(=O)CCSc2nc(N)c(C#N)c(-c3cc(OC)c(OC)c(OC)c3)c2C#N)sc2c1CCCCC2. The Morgan fingerprint density at radius 2 is 1.73 bits per heavy atom. The van der Waals surface area contributed by atoms with E-state index in [9.17, 15) is 20.1 Å². The predicted octanol–water partition coefficient (Wildman–Crippen LogP) is 5.73. The lowest BCUT2D eigenvalue weighted by Gasteiger charge is -2.17. The number of amides is 1. The summed E-state index contributed by atoms with van der Waals surface area (Å²) in [5.41, 5.74) is 8.50. The number of nitrogens with zero attached hydrogens (tertiary/aromatic N) is 3. The molecule has 0 saturated heterocycles. The highest BCUT2D eigenvalue weighted by atomic mass is 32.2. The Morgan fingerprint density at radius 3 is 2.34 bits per heavy atom. The Hall–Kier alpha value is -4.46. The van der Waals surface area contributed by atoms with Crippen molar-refractivity contribution in [3.05, 3.63) is 39.3 Å². The molecule has 0 spiro atoms. The minimum atomic E-state index is -0.424. The number of hydrogen-bond donors (Lipinski definition) is 2. The zero-order chi connectivity index (χ0) is 31.8. The number of nitrogen functional groups attached to an aromatic ring is 1. The average molecular weight is 636 g/mol. The van der Waals surface area contributed by atoms with Gasteiger partial charge in [0.25, 0.3) is 0 Å². The molecule has 2 aromatic heterocycles. The van der Waals surface area contributed by atoms with Crippen LogP contribution in [0.4, 0.5) is 10.8 Å². The molecule has 0 fully saturated rings. The van der Waals surface area contributed by atoms with E-state index in [1.807, 2.05) is 0 Å². The Kier molecular flexibility index (Phi) is 10.9. The first-order valence-electron chi connectivity index (χ1n) is 14.0. The summed E-state index contributed by atoms with van der Waals surface area (Å²) in [4.78, 5) is 31.4. The van der Waals surface area contributed by atoms with Gasteiger partial charge in [-0.05, 0) is 55.9 Å². The van der Waals surface area contributed by atoms with Crippen LogP contribution in [0.2, 0.25) is 0 Å². The van der Waals surface area contributed by atoms with Gasteiger partial charge in [-0.2, -0.15) is 10.5 Å². The number of esters is 1. The van der Waals surface area contributed by atoms with E-state index >= 15 is 0 Å². The van der Waals surface area contributed by atoms with Gasteiger partial charge in [-0.15, -0.1) is 23.1 Å². The van der Waals surface area contributed by atoms with Gasteiger partial charge in [-0.25, -0.2) is 9.78 Å². The van der Waals surface area contributed by atoms with Crippen LogP contribution in [0.5, 0.6) is 17.2 Å². The molecule has 0 atom stereocenters. The van der Waals surface area contributed by atoms with Crippen LogP contribution < -0.4 is 25.3 Å². The number of nitrogens with two attached hydrogens (primary N) is 1. The smallest absolute Gasteiger partial charge is 0.341 e. The highest BCUT2D eigenvalue weighted by Gasteiger charge is 2.27. The fourth-order valence-electron chi connectivity index (χ4n) is 5.10. The number of thioether (sulfide) groups is 1. The van der Waals surface area contributed by atoms with Crippen LogP contribution in [0.15, 0.2) is 17.2 Å². The summed E-state index contributed by atoms with van der Waals surface area (Å²) in [5, 5.41) is 23.8. The molecule has 11 nitrogen and oxygen atoms in total. The predicted molar refractivity (Wildman–Crippen MR) is 169 cm³/mol. The van der Waals surface area contributed by atoms with Crippen molar-refractivity contribution >= 4 is 45.8 Å². The second kappa shape index (κ2) is 14.8. The number of anilines is 2. The number of thiophene rings is 1. The second-order valence-corrected chi connectivity index (χ2v) is 11.9. The van der Waals surface area contributed by atoms with Gasteiger partial charge in [0, 0.05) is 22.6 Å². The summed E-state index contributed by atoms with van der Waals surface area (Å²) in [7, 11) is 4.41. The van der Waals surface area contributed by atoms with E-state index in [-0.39, 0.29) is 52.2 Å². The van der Waals surface area contributed by atoms with Crippen molar-refractivity contribution in [3.63, 3.8) is 0 Å². The lowest BCUT2D eigenvalue weighted by atomic mass is 9.96. The third-order valence-corrected chi connectivity index (χ3v) is 9.28. The standard InChI is InChI=1S/C31H33N5O6S2/c1-5-42-31(38)26-18-9-7-6-8-10-23(18)44-30(26)35-24(37)11-12-43-29-20(16-33)25(19(15-32)28(34)36-29)17-13-21(39-2)27(41-4)22(14-17)40-3/h13-14H,5-12H2,1-4H3,(H2,34,36)(H,35,37). The number of methoxy groups -OCH3 is 3. The Bertz CT molecular complexity index is 1630. The van der Waals surface area contributed by atoms with Crippen LogP contribution >= 0.6 is 23.1 Å². The van der Waals surface area contributed by atoms with Crippen LogP contribution in [0.25, 0.3) is 11.1 Å². The van der Waals surface area contributed by atoms with Crippen LogP contribution in [-0.4, -0.2) is 50.5 Å². The van der Waals surface area contributed by atoms with Gasteiger partial charge in [-0.3, -0.25) is 4.79 Å². The number of carbonyl (C=O) groups is 2. The summed E-state index contributed by atoms with van der Waals surface area (Å²) in [6, 6.07) is 7.47. The minimum absolute atomic E-state index is 0.0295. The van der Waals surface area contributed by atoms with Crippen LogP contribution in [0.3, 0.4) is 0 Å². The number of hydrogen-bond acceptors (Lipinski definition) is 12.